The van der Waals surface area contributed by atoms with Crippen molar-refractivity contribution in [3.05, 3.63) is 64.5 Å². The van der Waals surface area contributed by atoms with Gasteiger partial charge in [0.2, 0.25) is 5.91 Å². The first-order chi connectivity index (χ1) is 14.5. The largest absolute Gasteiger partial charge is 0.354 e. The van der Waals surface area contributed by atoms with Crippen molar-refractivity contribution in [2.75, 3.05) is 11.9 Å². The highest BCUT2D eigenvalue weighted by Gasteiger charge is 2.24. The first kappa shape index (κ1) is 20.1. The monoisotopic (exact) mass is 421 g/mol. The van der Waals surface area contributed by atoms with Gasteiger partial charge in [-0.15, -0.1) is 11.3 Å². The normalized spacial score (nSPS) is 16.6. The predicted molar refractivity (Wildman–Crippen MR) is 119 cm³/mol. The van der Waals surface area contributed by atoms with Gasteiger partial charge in [-0.1, -0.05) is 29.8 Å². The number of fused-ring (bicyclic) bond motifs is 1. The van der Waals surface area contributed by atoms with Gasteiger partial charge in [0.15, 0.2) is 0 Å². The molecule has 0 radical (unpaired) electrons. The summed E-state index contributed by atoms with van der Waals surface area (Å²) in [5.41, 5.74) is 1.89. The molecule has 3 amide bonds. The van der Waals surface area contributed by atoms with Crippen LogP contribution in [0.4, 0.5) is 5.69 Å². The van der Waals surface area contributed by atoms with Gasteiger partial charge in [-0.25, -0.2) is 0 Å². The third kappa shape index (κ3) is 4.36. The number of thiophene rings is 1. The molecular formula is C23H23N3O3S. The quantitative estimate of drug-likeness (QED) is 0.598. The molecule has 2 aromatic carbocycles. The van der Waals surface area contributed by atoms with Gasteiger partial charge in [-0.2, -0.15) is 0 Å². The van der Waals surface area contributed by atoms with Crippen molar-refractivity contribution in [1.82, 2.24) is 10.6 Å². The van der Waals surface area contributed by atoms with E-state index in [0.717, 1.165) is 28.5 Å². The molecule has 1 aromatic heterocycles. The van der Waals surface area contributed by atoms with Gasteiger partial charge in [-0.05, 0) is 55.8 Å². The van der Waals surface area contributed by atoms with Crippen LogP contribution in [0.25, 0.3) is 10.1 Å². The van der Waals surface area contributed by atoms with Gasteiger partial charge in [0.25, 0.3) is 11.8 Å². The highest BCUT2D eigenvalue weighted by molar-refractivity contribution is 7.20. The molecule has 3 aromatic rings. The zero-order valence-corrected chi connectivity index (χ0v) is 17.5. The van der Waals surface area contributed by atoms with E-state index in [2.05, 4.69) is 16.0 Å². The van der Waals surface area contributed by atoms with Crippen LogP contribution in [0.1, 0.15) is 44.9 Å². The number of amides is 3. The minimum absolute atomic E-state index is 0.164. The number of aryl methyl sites for hydroxylation is 1. The Kier molecular flexibility index (Phi) is 5.81. The summed E-state index contributed by atoms with van der Waals surface area (Å²) in [7, 11) is 0. The fourth-order valence-corrected chi connectivity index (χ4v) is 4.50. The molecule has 1 fully saturated rings. The zero-order chi connectivity index (χ0) is 21.1. The lowest BCUT2D eigenvalue weighted by molar-refractivity contribution is -0.122. The van der Waals surface area contributed by atoms with Crippen LogP contribution in [-0.4, -0.2) is 30.3 Å². The molecule has 1 saturated heterocycles. The van der Waals surface area contributed by atoms with Crippen LogP contribution in [0.15, 0.2) is 48.5 Å². The Bertz CT molecular complexity index is 1120. The van der Waals surface area contributed by atoms with E-state index in [1.54, 1.807) is 24.3 Å². The predicted octanol–water partition coefficient (Wildman–Crippen LogP) is 3.86. The molecule has 1 aliphatic rings. The fourth-order valence-electron chi connectivity index (χ4n) is 3.56. The molecule has 4 rings (SSSR count). The number of hydrogen-bond acceptors (Lipinski definition) is 4. The second-order valence-corrected chi connectivity index (χ2v) is 8.55. The third-order valence-electron chi connectivity index (χ3n) is 5.16. The van der Waals surface area contributed by atoms with E-state index in [9.17, 15) is 14.4 Å². The number of para-hydroxylation sites is 1. The molecule has 6 nitrogen and oxygen atoms in total. The molecule has 0 saturated carbocycles. The molecule has 3 N–H and O–H groups in total. The van der Waals surface area contributed by atoms with E-state index in [4.69, 9.17) is 0 Å². The Balaban J connectivity index is 1.52. The van der Waals surface area contributed by atoms with Gasteiger partial charge >= 0.3 is 0 Å². The third-order valence-corrected chi connectivity index (χ3v) is 6.27. The second-order valence-electron chi connectivity index (χ2n) is 7.46. The molecule has 0 bridgehead atoms. The Morgan fingerprint density at radius 3 is 2.77 bits per heavy atom. The molecule has 154 valence electrons. The van der Waals surface area contributed by atoms with Crippen molar-refractivity contribution >= 4 is 44.8 Å². The lowest BCUT2D eigenvalue weighted by Gasteiger charge is -2.17. The minimum atomic E-state index is -0.561. The van der Waals surface area contributed by atoms with E-state index >= 15 is 0 Å². The summed E-state index contributed by atoms with van der Waals surface area (Å²) in [5.74, 6) is -0.802. The number of rotatable bonds is 4. The summed E-state index contributed by atoms with van der Waals surface area (Å²) in [6, 6.07) is 14.2. The van der Waals surface area contributed by atoms with Crippen molar-refractivity contribution in [3.63, 3.8) is 0 Å². The van der Waals surface area contributed by atoms with Crippen molar-refractivity contribution in [1.29, 1.82) is 0 Å². The van der Waals surface area contributed by atoms with E-state index in [1.165, 1.54) is 11.3 Å². The Morgan fingerprint density at radius 1 is 1.07 bits per heavy atom. The second kappa shape index (κ2) is 8.67. The molecule has 0 spiro atoms. The smallest absolute Gasteiger partial charge is 0.265 e. The van der Waals surface area contributed by atoms with Crippen molar-refractivity contribution in [2.45, 2.75) is 32.2 Å². The van der Waals surface area contributed by atoms with Crippen LogP contribution < -0.4 is 16.0 Å². The van der Waals surface area contributed by atoms with Crippen LogP contribution in [0.5, 0.6) is 0 Å². The summed E-state index contributed by atoms with van der Waals surface area (Å²) in [6.45, 7) is 2.65. The van der Waals surface area contributed by atoms with Crippen LogP contribution in [0.3, 0.4) is 0 Å². The lowest BCUT2D eigenvalue weighted by Crippen LogP contribution is -2.45. The Labute approximate surface area is 178 Å². The molecule has 1 aliphatic heterocycles. The number of anilines is 1. The van der Waals surface area contributed by atoms with Crippen LogP contribution in [0.2, 0.25) is 0 Å². The summed E-state index contributed by atoms with van der Waals surface area (Å²) >= 11 is 1.41. The van der Waals surface area contributed by atoms with Gasteiger partial charge in [0, 0.05) is 11.2 Å². The summed E-state index contributed by atoms with van der Waals surface area (Å²) in [4.78, 5) is 38.4. The molecule has 1 unspecified atom stereocenters. The SMILES string of the molecule is Cc1ccc2sc(C(=O)Nc3ccccc3C(=O)NC3CCCCNC3=O)cc2c1. The van der Waals surface area contributed by atoms with Gasteiger partial charge in [0.1, 0.15) is 6.04 Å². The average Bonchev–Trinajstić information content (AvgIpc) is 3.05. The molecule has 1 atom stereocenters. The summed E-state index contributed by atoms with van der Waals surface area (Å²) < 4.78 is 1.04. The van der Waals surface area contributed by atoms with E-state index in [-0.39, 0.29) is 17.7 Å². The van der Waals surface area contributed by atoms with Crippen LogP contribution >= 0.6 is 11.3 Å². The van der Waals surface area contributed by atoms with E-state index in [1.807, 2.05) is 31.2 Å². The summed E-state index contributed by atoms with van der Waals surface area (Å²) in [6.07, 6.45) is 2.38. The first-order valence-corrected chi connectivity index (χ1v) is 10.8. The molecule has 0 aliphatic carbocycles. The van der Waals surface area contributed by atoms with Crippen molar-refractivity contribution in [2.24, 2.45) is 0 Å². The van der Waals surface area contributed by atoms with Crippen molar-refractivity contribution < 1.29 is 14.4 Å². The molecular weight excluding hydrogens is 398 g/mol. The Morgan fingerprint density at radius 2 is 1.90 bits per heavy atom. The van der Waals surface area contributed by atoms with Gasteiger partial charge in [-0.3, -0.25) is 14.4 Å². The number of nitrogens with one attached hydrogen (secondary N) is 3. The molecule has 30 heavy (non-hydrogen) atoms. The number of benzene rings is 2. The van der Waals surface area contributed by atoms with E-state index in [0.29, 0.717) is 29.1 Å². The lowest BCUT2D eigenvalue weighted by atomic mass is 10.1. The highest BCUT2D eigenvalue weighted by atomic mass is 32.1. The van der Waals surface area contributed by atoms with Gasteiger partial charge in [0.05, 0.1) is 16.1 Å². The maximum atomic E-state index is 12.8. The standard InChI is InChI=1S/C23H23N3O3S/c1-14-9-10-19-15(12-14)13-20(30-19)23(29)25-17-7-3-2-6-16(17)21(27)26-18-8-4-5-11-24-22(18)28/h2-3,6-7,9-10,12-13,18H,4-5,8,11H2,1H3,(H,24,28)(H,25,29)(H,26,27). The van der Waals surface area contributed by atoms with Crippen LogP contribution in [0, 0.1) is 6.92 Å². The summed E-state index contributed by atoms with van der Waals surface area (Å²) in [5, 5.41) is 9.50. The van der Waals surface area contributed by atoms with E-state index < -0.39 is 6.04 Å². The van der Waals surface area contributed by atoms with Crippen molar-refractivity contribution in [3.8, 4) is 0 Å². The van der Waals surface area contributed by atoms with Crippen LogP contribution in [-0.2, 0) is 4.79 Å². The Hall–Kier alpha value is -3.19. The number of carbonyl (C=O) groups is 3. The number of hydrogen-bond donors (Lipinski definition) is 3. The average molecular weight is 422 g/mol. The minimum Gasteiger partial charge on any atom is -0.354 e. The zero-order valence-electron chi connectivity index (χ0n) is 16.7. The van der Waals surface area contributed by atoms with Gasteiger partial charge < -0.3 is 16.0 Å². The topological polar surface area (TPSA) is 87.3 Å². The molecule has 2 heterocycles. The maximum absolute atomic E-state index is 12.8. The highest BCUT2D eigenvalue weighted by Crippen LogP contribution is 2.27. The molecule has 7 heteroatoms. The maximum Gasteiger partial charge on any atom is 0.265 e. The number of carbonyl (C=O) groups excluding carboxylic acids is 3. The first-order valence-electron chi connectivity index (χ1n) is 10.0. The fraction of sp³-hybridized carbons (Fsp3) is 0.261.